The van der Waals surface area contributed by atoms with Gasteiger partial charge in [0.25, 0.3) is 5.91 Å². The molecule has 0 aromatic heterocycles. The van der Waals surface area contributed by atoms with E-state index in [0.29, 0.717) is 23.7 Å². The van der Waals surface area contributed by atoms with Crippen molar-refractivity contribution < 1.29 is 14.3 Å². The standard InChI is InChI=1S/C28H31ClN2O3/c1-2-25(28(33)30-23-10-4-5-11-23)31(18-20-14-16-22(29)17-15-20)27(32)19-34-26-13-7-9-21-8-3-6-12-24(21)26/h3,6-9,12-17,23,25H,2,4-5,10-11,18-19H2,1H3,(H,30,33). The Morgan fingerprint density at radius 2 is 1.74 bits per heavy atom. The summed E-state index contributed by atoms with van der Waals surface area (Å²) in [5, 5.41) is 5.80. The van der Waals surface area contributed by atoms with Crippen LogP contribution in [0, 0.1) is 0 Å². The van der Waals surface area contributed by atoms with Gasteiger partial charge in [0.15, 0.2) is 6.61 Å². The van der Waals surface area contributed by atoms with Crippen LogP contribution in [-0.2, 0) is 16.1 Å². The number of hydrogen-bond acceptors (Lipinski definition) is 3. The molecule has 0 saturated heterocycles. The third-order valence-corrected chi connectivity index (χ3v) is 6.71. The van der Waals surface area contributed by atoms with E-state index in [-0.39, 0.29) is 24.5 Å². The van der Waals surface area contributed by atoms with Crippen molar-refractivity contribution in [3.05, 3.63) is 77.3 Å². The largest absolute Gasteiger partial charge is 0.483 e. The van der Waals surface area contributed by atoms with Crippen molar-refractivity contribution in [2.45, 2.75) is 57.7 Å². The molecule has 1 saturated carbocycles. The molecule has 178 valence electrons. The lowest BCUT2D eigenvalue weighted by Gasteiger charge is -2.31. The van der Waals surface area contributed by atoms with Crippen molar-refractivity contribution in [2.75, 3.05) is 6.61 Å². The van der Waals surface area contributed by atoms with Crippen LogP contribution in [0.5, 0.6) is 5.75 Å². The number of nitrogens with one attached hydrogen (secondary N) is 1. The van der Waals surface area contributed by atoms with E-state index in [0.717, 1.165) is 42.0 Å². The van der Waals surface area contributed by atoms with Gasteiger partial charge in [-0.2, -0.15) is 0 Å². The number of fused-ring (bicyclic) bond motifs is 1. The highest BCUT2D eigenvalue weighted by molar-refractivity contribution is 6.30. The number of nitrogens with zero attached hydrogens (tertiary/aromatic N) is 1. The summed E-state index contributed by atoms with van der Waals surface area (Å²) in [6, 6.07) is 20.7. The molecule has 1 fully saturated rings. The normalized spacial score (nSPS) is 14.6. The maximum Gasteiger partial charge on any atom is 0.261 e. The number of carbonyl (C=O) groups excluding carboxylic acids is 2. The van der Waals surface area contributed by atoms with E-state index in [1.807, 2.05) is 61.5 Å². The lowest BCUT2D eigenvalue weighted by Crippen LogP contribution is -2.52. The number of carbonyl (C=O) groups is 2. The van der Waals surface area contributed by atoms with Gasteiger partial charge in [-0.1, -0.05) is 79.9 Å². The molecular formula is C28H31ClN2O3. The molecule has 2 amide bonds. The first-order chi connectivity index (χ1) is 16.5. The summed E-state index contributed by atoms with van der Waals surface area (Å²) in [5.74, 6) is 0.333. The molecule has 1 N–H and O–H groups in total. The summed E-state index contributed by atoms with van der Waals surface area (Å²) in [5.41, 5.74) is 0.912. The first-order valence-corrected chi connectivity index (χ1v) is 12.4. The van der Waals surface area contributed by atoms with Gasteiger partial charge in [-0.15, -0.1) is 0 Å². The topological polar surface area (TPSA) is 58.6 Å². The predicted molar refractivity (Wildman–Crippen MR) is 136 cm³/mol. The highest BCUT2D eigenvalue weighted by Crippen LogP contribution is 2.25. The molecule has 1 atom stereocenters. The van der Waals surface area contributed by atoms with Crippen LogP contribution >= 0.6 is 11.6 Å². The highest BCUT2D eigenvalue weighted by atomic mass is 35.5. The summed E-state index contributed by atoms with van der Waals surface area (Å²) in [6.45, 7) is 2.10. The monoisotopic (exact) mass is 478 g/mol. The van der Waals surface area contributed by atoms with Gasteiger partial charge in [-0.25, -0.2) is 0 Å². The third kappa shape index (κ3) is 5.89. The van der Waals surface area contributed by atoms with Crippen molar-refractivity contribution in [1.29, 1.82) is 0 Å². The minimum absolute atomic E-state index is 0.0955. The lowest BCUT2D eigenvalue weighted by molar-refractivity contribution is -0.143. The van der Waals surface area contributed by atoms with Gasteiger partial charge in [0, 0.05) is 23.0 Å². The molecule has 0 aliphatic heterocycles. The van der Waals surface area contributed by atoms with Crippen LogP contribution < -0.4 is 10.1 Å². The second-order valence-electron chi connectivity index (χ2n) is 8.83. The van der Waals surface area contributed by atoms with Crippen molar-refractivity contribution >= 4 is 34.2 Å². The molecule has 34 heavy (non-hydrogen) atoms. The molecule has 0 spiro atoms. The van der Waals surface area contributed by atoms with Gasteiger partial charge in [0.1, 0.15) is 11.8 Å². The summed E-state index contributed by atoms with van der Waals surface area (Å²) in [7, 11) is 0. The van der Waals surface area contributed by atoms with Crippen molar-refractivity contribution in [1.82, 2.24) is 10.2 Å². The van der Waals surface area contributed by atoms with E-state index >= 15 is 0 Å². The summed E-state index contributed by atoms with van der Waals surface area (Å²) >= 11 is 6.05. The van der Waals surface area contributed by atoms with E-state index in [1.54, 1.807) is 17.0 Å². The Kier molecular flexibility index (Phi) is 8.07. The number of amides is 2. The Labute approximate surface area is 206 Å². The molecule has 0 bridgehead atoms. The van der Waals surface area contributed by atoms with Crippen LogP contribution in [0.2, 0.25) is 5.02 Å². The average Bonchev–Trinajstić information content (AvgIpc) is 3.36. The van der Waals surface area contributed by atoms with Gasteiger partial charge in [-0.3, -0.25) is 9.59 Å². The Morgan fingerprint density at radius 3 is 2.47 bits per heavy atom. The zero-order chi connectivity index (χ0) is 23.9. The van der Waals surface area contributed by atoms with Crippen LogP contribution in [-0.4, -0.2) is 35.4 Å². The third-order valence-electron chi connectivity index (χ3n) is 6.45. The van der Waals surface area contributed by atoms with Gasteiger partial charge < -0.3 is 15.0 Å². The molecular weight excluding hydrogens is 448 g/mol. The van der Waals surface area contributed by atoms with Gasteiger partial charge in [0.05, 0.1) is 0 Å². The van der Waals surface area contributed by atoms with Crippen molar-refractivity contribution in [2.24, 2.45) is 0 Å². The number of benzene rings is 3. The second kappa shape index (κ2) is 11.4. The Balaban J connectivity index is 1.53. The molecule has 4 rings (SSSR count). The molecule has 1 unspecified atom stereocenters. The molecule has 1 aliphatic rings. The Bertz CT molecular complexity index is 1120. The van der Waals surface area contributed by atoms with E-state index in [2.05, 4.69) is 5.32 Å². The fraction of sp³-hybridized carbons (Fsp3) is 0.357. The maximum absolute atomic E-state index is 13.5. The predicted octanol–water partition coefficient (Wildman–Crippen LogP) is 5.74. The smallest absolute Gasteiger partial charge is 0.261 e. The Hall–Kier alpha value is -3.05. The van der Waals surface area contributed by atoms with E-state index in [1.165, 1.54) is 0 Å². The van der Waals surface area contributed by atoms with E-state index in [4.69, 9.17) is 16.3 Å². The zero-order valence-electron chi connectivity index (χ0n) is 19.5. The van der Waals surface area contributed by atoms with E-state index < -0.39 is 6.04 Å². The number of halogens is 1. The first-order valence-electron chi connectivity index (χ1n) is 12.0. The minimum Gasteiger partial charge on any atom is -0.483 e. The van der Waals surface area contributed by atoms with Crippen molar-refractivity contribution in [3.8, 4) is 5.75 Å². The van der Waals surface area contributed by atoms with Gasteiger partial charge >= 0.3 is 0 Å². The van der Waals surface area contributed by atoms with Crippen molar-refractivity contribution in [3.63, 3.8) is 0 Å². The molecule has 0 radical (unpaired) electrons. The van der Waals surface area contributed by atoms with Crippen LogP contribution in [0.1, 0.15) is 44.6 Å². The molecule has 1 aliphatic carbocycles. The second-order valence-corrected chi connectivity index (χ2v) is 9.26. The molecule has 0 heterocycles. The first kappa shape index (κ1) is 24.1. The minimum atomic E-state index is -0.570. The molecule has 3 aromatic carbocycles. The molecule has 5 nitrogen and oxygen atoms in total. The Morgan fingerprint density at radius 1 is 1.03 bits per heavy atom. The fourth-order valence-corrected chi connectivity index (χ4v) is 4.74. The number of hydrogen-bond donors (Lipinski definition) is 1. The molecule has 6 heteroatoms. The maximum atomic E-state index is 13.5. The quantitative estimate of drug-likeness (QED) is 0.426. The van der Waals surface area contributed by atoms with E-state index in [9.17, 15) is 9.59 Å². The number of rotatable bonds is 9. The lowest BCUT2D eigenvalue weighted by atomic mass is 10.1. The average molecular weight is 479 g/mol. The summed E-state index contributed by atoms with van der Waals surface area (Å²) < 4.78 is 5.98. The molecule has 3 aromatic rings. The van der Waals surface area contributed by atoms with Crippen LogP contribution in [0.3, 0.4) is 0 Å². The van der Waals surface area contributed by atoms with Crippen LogP contribution in [0.15, 0.2) is 66.7 Å². The van der Waals surface area contributed by atoms with Crippen LogP contribution in [0.4, 0.5) is 0 Å². The SMILES string of the molecule is CCC(C(=O)NC1CCCC1)N(Cc1ccc(Cl)cc1)C(=O)COc1cccc2ccccc12. The summed E-state index contributed by atoms with van der Waals surface area (Å²) in [4.78, 5) is 28.3. The highest BCUT2D eigenvalue weighted by Gasteiger charge is 2.31. The van der Waals surface area contributed by atoms with Gasteiger partial charge in [-0.05, 0) is 48.4 Å². The van der Waals surface area contributed by atoms with Crippen LogP contribution in [0.25, 0.3) is 10.8 Å². The number of ether oxygens (including phenoxy) is 1. The zero-order valence-corrected chi connectivity index (χ0v) is 20.3. The summed E-state index contributed by atoms with van der Waals surface area (Å²) in [6.07, 6.45) is 4.78. The fourth-order valence-electron chi connectivity index (χ4n) is 4.62. The van der Waals surface area contributed by atoms with Gasteiger partial charge in [0.2, 0.25) is 5.91 Å².